The molecule has 3 nitrogen and oxygen atoms in total. The monoisotopic (exact) mass is 331 g/mol. The third-order valence-electron chi connectivity index (χ3n) is 4.32. The van der Waals surface area contributed by atoms with Crippen molar-refractivity contribution in [2.75, 3.05) is 13.7 Å². The van der Waals surface area contributed by atoms with E-state index in [1.807, 2.05) is 0 Å². The number of aryl methyl sites for hydroxylation is 1. The van der Waals surface area contributed by atoms with Crippen LogP contribution < -0.4 is 5.32 Å². The highest BCUT2D eigenvalue weighted by Crippen LogP contribution is 2.52. The second-order valence-electron chi connectivity index (χ2n) is 5.91. The van der Waals surface area contributed by atoms with E-state index in [1.165, 1.54) is 13.2 Å². The Bertz CT molecular complexity index is 802. The lowest BCUT2D eigenvalue weighted by Crippen LogP contribution is -2.24. The Kier molecular flexibility index (Phi) is 4.15. The van der Waals surface area contributed by atoms with Gasteiger partial charge in [0.2, 0.25) is 0 Å². The number of hydrogen-bond acceptors (Lipinski definition) is 3. The van der Waals surface area contributed by atoms with E-state index in [9.17, 15) is 13.9 Å². The highest BCUT2D eigenvalue weighted by molar-refractivity contribution is 5.81. The molecule has 2 N–H and O–H groups in total. The maximum atomic E-state index is 14.7. The van der Waals surface area contributed by atoms with Gasteiger partial charge in [-0.2, -0.15) is 8.78 Å². The lowest BCUT2D eigenvalue weighted by molar-refractivity contribution is 0.0472. The first-order valence-electron chi connectivity index (χ1n) is 7.62. The molecule has 0 fully saturated rings. The first kappa shape index (κ1) is 16.6. The van der Waals surface area contributed by atoms with Crippen LogP contribution in [0.2, 0.25) is 0 Å². The van der Waals surface area contributed by atoms with Crippen molar-refractivity contribution in [2.24, 2.45) is 0 Å². The predicted molar refractivity (Wildman–Crippen MR) is 88.7 cm³/mol. The second kappa shape index (κ2) is 6.00. The number of rotatable bonds is 5. The Hall–Kier alpha value is -2.24. The summed E-state index contributed by atoms with van der Waals surface area (Å²) < 4.78 is 34.4. The van der Waals surface area contributed by atoms with Crippen molar-refractivity contribution in [3.63, 3.8) is 0 Å². The second-order valence-corrected chi connectivity index (χ2v) is 5.91. The van der Waals surface area contributed by atoms with Crippen molar-refractivity contribution in [3.8, 4) is 11.1 Å². The Morgan fingerprint density at radius 2 is 2.00 bits per heavy atom. The topological polar surface area (TPSA) is 41.5 Å². The van der Waals surface area contributed by atoms with Crippen LogP contribution in [0.5, 0.6) is 0 Å². The molecule has 0 spiro atoms. The van der Waals surface area contributed by atoms with Gasteiger partial charge in [-0.05, 0) is 35.2 Å². The smallest absolute Gasteiger partial charge is 0.299 e. The van der Waals surface area contributed by atoms with Gasteiger partial charge in [0.05, 0.1) is 13.7 Å². The van der Waals surface area contributed by atoms with Gasteiger partial charge in [-0.3, -0.25) is 5.32 Å². The molecule has 0 heterocycles. The molecule has 1 atom stereocenters. The Morgan fingerprint density at radius 1 is 1.29 bits per heavy atom. The van der Waals surface area contributed by atoms with Gasteiger partial charge in [0.15, 0.2) is 0 Å². The molecule has 2 aromatic rings. The third kappa shape index (κ3) is 2.60. The SMILES string of the molecule is C=C(CNC(O)c1cc(C)c2c(c1)-c1ccccc1C2(F)F)OC. The van der Waals surface area contributed by atoms with Crippen molar-refractivity contribution >= 4 is 0 Å². The minimum Gasteiger partial charge on any atom is -0.500 e. The summed E-state index contributed by atoms with van der Waals surface area (Å²) in [5.41, 5.74) is 1.99. The van der Waals surface area contributed by atoms with E-state index in [4.69, 9.17) is 4.74 Å². The van der Waals surface area contributed by atoms with Crippen LogP contribution in [-0.2, 0) is 10.7 Å². The third-order valence-corrected chi connectivity index (χ3v) is 4.32. The van der Waals surface area contributed by atoms with Crippen molar-refractivity contribution in [3.05, 3.63) is 71.0 Å². The largest absolute Gasteiger partial charge is 0.500 e. The lowest BCUT2D eigenvalue weighted by atomic mass is 9.96. The molecule has 0 bridgehead atoms. The molecule has 2 aromatic carbocycles. The molecule has 0 radical (unpaired) electrons. The molecule has 126 valence electrons. The average molecular weight is 331 g/mol. The van der Waals surface area contributed by atoms with Crippen molar-refractivity contribution in [2.45, 2.75) is 19.1 Å². The van der Waals surface area contributed by atoms with Gasteiger partial charge >= 0.3 is 0 Å². The number of ether oxygens (including phenoxy) is 1. The quantitative estimate of drug-likeness (QED) is 0.646. The Balaban J connectivity index is 2.02. The summed E-state index contributed by atoms with van der Waals surface area (Å²) in [6.07, 6.45) is -0.998. The van der Waals surface area contributed by atoms with Gasteiger partial charge in [0, 0.05) is 11.1 Å². The molecule has 0 aliphatic heterocycles. The van der Waals surface area contributed by atoms with E-state index in [2.05, 4.69) is 11.9 Å². The molecule has 5 heteroatoms. The predicted octanol–water partition coefficient (Wildman–Crippen LogP) is 3.86. The van der Waals surface area contributed by atoms with Crippen molar-refractivity contribution in [1.82, 2.24) is 5.32 Å². The molecular formula is C19H19F2NO2. The fourth-order valence-electron chi connectivity index (χ4n) is 3.13. The van der Waals surface area contributed by atoms with Crippen LogP contribution in [-0.4, -0.2) is 18.8 Å². The summed E-state index contributed by atoms with van der Waals surface area (Å²) >= 11 is 0. The highest BCUT2D eigenvalue weighted by Gasteiger charge is 2.45. The van der Waals surface area contributed by atoms with E-state index >= 15 is 0 Å². The maximum Gasteiger partial charge on any atom is 0.299 e. The van der Waals surface area contributed by atoms with E-state index in [0.717, 1.165) is 0 Å². The van der Waals surface area contributed by atoms with E-state index in [-0.39, 0.29) is 17.7 Å². The van der Waals surface area contributed by atoms with Crippen LogP contribution in [0.3, 0.4) is 0 Å². The van der Waals surface area contributed by atoms with Gasteiger partial charge in [-0.1, -0.05) is 36.9 Å². The molecular weight excluding hydrogens is 312 g/mol. The minimum atomic E-state index is -3.02. The number of benzene rings is 2. The molecule has 0 saturated carbocycles. The number of halogens is 2. The molecule has 24 heavy (non-hydrogen) atoms. The van der Waals surface area contributed by atoms with Crippen molar-refractivity contribution < 1.29 is 18.6 Å². The first-order valence-corrected chi connectivity index (χ1v) is 7.62. The van der Waals surface area contributed by atoms with Crippen LogP contribution in [0.4, 0.5) is 8.78 Å². The summed E-state index contributed by atoms with van der Waals surface area (Å²) in [7, 11) is 1.49. The Labute approximate surface area is 139 Å². The molecule has 0 saturated heterocycles. The highest BCUT2D eigenvalue weighted by atomic mass is 19.3. The van der Waals surface area contributed by atoms with Gasteiger partial charge in [0.25, 0.3) is 5.92 Å². The molecule has 1 aliphatic rings. The van der Waals surface area contributed by atoms with Gasteiger partial charge in [-0.15, -0.1) is 0 Å². The summed E-state index contributed by atoms with van der Waals surface area (Å²) in [4.78, 5) is 0. The zero-order valence-corrected chi connectivity index (χ0v) is 13.6. The molecule has 3 rings (SSSR count). The van der Waals surface area contributed by atoms with Crippen LogP contribution >= 0.6 is 0 Å². The summed E-state index contributed by atoms with van der Waals surface area (Å²) in [6, 6.07) is 9.70. The average Bonchev–Trinajstić information content (AvgIpc) is 2.81. The summed E-state index contributed by atoms with van der Waals surface area (Å²) in [6.45, 7) is 5.57. The lowest BCUT2D eigenvalue weighted by Gasteiger charge is -2.18. The number of alkyl halides is 2. The fourth-order valence-corrected chi connectivity index (χ4v) is 3.13. The van der Waals surface area contributed by atoms with E-state index < -0.39 is 12.2 Å². The van der Waals surface area contributed by atoms with E-state index in [0.29, 0.717) is 28.0 Å². The molecule has 0 aromatic heterocycles. The first-order chi connectivity index (χ1) is 11.4. The standard InChI is InChI=1S/C19H19F2NO2/c1-11-8-13(18(23)22-10-12(2)24-3)9-15-14-6-4-5-7-16(14)19(20,21)17(11)15/h4-9,18,22-23H,2,10H2,1,3H3. The molecule has 1 aliphatic carbocycles. The number of fused-ring (bicyclic) bond motifs is 3. The number of methoxy groups -OCH3 is 1. The Morgan fingerprint density at radius 3 is 2.71 bits per heavy atom. The van der Waals surface area contributed by atoms with Crippen LogP contribution in [0.1, 0.15) is 28.5 Å². The van der Waals surface area contributed by atoms with Crippen LogP contribution in [0, 0.1) is 6.92 Å². The number of aliphatic hydroxyl groups excluding tert-OH is 1. The minimum absolute atomic E-state index is 0.00968. The summed E-state index contributed by atoms with van der Waals surface area (Å²) in [5, 5.41) is 13.2. The maximum absolute atomic E-state index is 14.7. The van der Waals surface area contributed by atoms with Gasteiger partial charge in [-0.25, -0.2) is 0 Å². The fraction of sp³-hybridized carbons (Fsp3) is 0.263. The van der Waals surface area contributed by atoms with Crippen LogP contribution in [0.25, 0.3) is 11.1 Å². The van der Waals surface area contributed by atoms with Gasteiger partial charge in [0.1, 0.15) is 12.0 Å². The molecule has 0 amide bonds. The zero-order valence-electron chi connectivity index (χ0n) is 13.6. The number of hydrogen-bond donors (Lipinski definition) is 2. The molecule has 1 unspecified atom stereocenters. The van der Waals surface area contributed by atoms with Crippen LogP contribution in [0.15, 0.2) is 48.7 Å². The number of aliphatic hydroxyl groups is 1. The zero-order chi connectivity index (χ0) is 17.5. The van der Waals surface area contributed by atoms with Crippen molar-refractivity contribution in [1.29, 1.82) is 0 Å². The van der Waals surface area contributed by atoms with Gasteiger partial charge < -0.3 is 9.84 Å². The van der Waals surface area contributed by atoms with E-state index in [1.54, 1.807) is 37.3 Å². The summed E-state index contributed by atoms with van der Waals surface area (Å²) in [5.74, 6) is -2.54. The number of nitrogens with one attached hydrogen (secondary N) is 1. The normalized spacial score (nSPS) is 15.5.